The van der Waals surface area contributed by atoms with Crippen LogP contribution < -0.4 is 0 Å². The smallest absolute Gasteiger partial charge is 0.243 e. The second-order valence-electron chi connectivity index (χ2n) is 4.87. The van der Waals surface area contributed by atoms with E-state index in [1.165, 1.54) is 34.8 Å². The third-order valence-corrected chi connectivity index (χ3v) is 5.72. The Morgan fingerprint density at radius 1 is 1.43 bits per heavy atom. The summed E-state index contributed by atoms with van der Waals surface area (Å²) in [5.74, 6) is 0. The predicted molar refractivity (Wildman–Crippen MR) is 82.6 cm³/mol. The standard InChI is InChI=1S/C14H18N2O3S2/c1-10(17)12-5-4-6-14(7-12)21(18,19)16(3)8-13-9-20-11(2)15-13/h4-7,9-10,17H,8H2,1-3H3. The summed E-state index contributed by atoms with van der Waals surface area (Å²) < 4.78 is 26.3. The second-order valence-corrected chi connectivity index (χ2v) is 7.97. The quantitative estimate of drug-likeness (QED) is 0.915. The maximum Gasteiger partial charge on any atom is 0.243 e. The van der Waals surface area contributed by atoms with Crippen molar-refractivity contribution in [2.45, 2.75) is 31.4 Å². The van der Waals surface area contributed by atoms with E-state index in [-0.39, 0.29) is 11.4 Å². The molecule has 5 nitrogen and oxygen atoms in total. The van der Waals surface area contributed by atoms with Gasteiger partial charge in [0.1, 0.15) is 0 Å². The Hall–Kier alpha value is -1.28. The predicted octanol–water partition coefficient (Wildman–Crippen LogP) is 2.33. The summed E-state index contributed by atoms with van der Waals surface area (Å²) in [4.78, 5) is 4.45. The zero-order valence-corrected chi connectivity index (χ0v) is 13.8. The Morgan fingerprint density at radius 3 is 2.71 bits per heavy atom. The van der Waals surface area contributed by atoms with Crippen molar-refractivity contribution in [1.82, 2.24) is 9.29 Å². The first-order chi connectivity index (χ1) is 9.80. The van der Waals surface area contributed by atoms with Gasteiger partial charge in [0, 0.05) is 12.4 Å². The zero-order chi connectivity index (χ0) is 15.6. The van der Waals surface area contributed by atoms with Crippen molar-refractivity contribution in [2.24, 2.45) is 0 Å². The van der Waals surface area contributed by atoms with Crippen LogP contribution in [-0.4, -0.2) is 29.9 Å². The highest BCUT2D eigenvalue weighted by Gasteiger charge is 2.22. The maximum absolute atomic E-state index is 12.5. The average molecular weight is 326 g/mol. The molecule has 1 heterocycles. The van der Waals surface area contributed by atoms with Gasteiger partial charge in [0.05, 0.1) is 28.2 Å². The molecule has 1 aromatic carbocycles. The number of aryl methyl sites for hydroxylation is 1. The molecule has 0 fully saturated rings. The SMILES string of the molecule is Cc1nc(CN(C)S(=O)(=O)c2cccc(C(C)O)c2)cs1. The summed E-state index contributed by atoms with van der Waals surface area (Å²) in [6.07, 6.45) is -0.702. The van der Waals surface area contributed by atoms with Gasteiger partial charge in [-0.05, 0) is 31.5 Å². The number of thiazole rings is 1. The number of aliphatic hydroxyl groups is 1. The van der Waals surface area contributed by atoms with Crippen molar-refractivity contribution in [1.29, 1.82) is 0 Å². The number of hydrogen-bond acceptors (Lipinski definition) is 5. The lowest BCUT2D eigenvalue weighted by molar-refractivity contribution is 0.199. The van der Waals surface area contributed by atoms with Crippen LogP contribution in [0.5, 0.6) is 0 Å². The van der Waals surface area contributed by atoms with E-state index < -0.39 is 16.1 Å². The van der Waals surface area contributed by atoms with Crippen LogP contribution in [0.1, 0.15) is 29.3 Å². The lowest BCUT2D eigenvalue weighted by Crippen LogP contribution is -2.26. The summed E-state index contributed by atoms with van der Waals surface area (Å²) in [7, 11) is -2.07. The van der Waals surface area contributed by atoms with E-state index >= 15 is 0 Å². The van der Waals surface area contributed by atoms with Gasteiger partial charge in [0.2, 0.25) is 10.0 Å². The fourth-order valence-electron chi connectivity index (χ4n) is 1.91. The third kappa shape index (κ3) is 3.68. The van der Waals surface area contributed by atoms with Crippen molar-refractivity contribution in [2.75, 3.05) is 7.05 Å². The first kappa shape index (κ1) is 16.1. The van der Waals surface area contributed by atoms with E-state index in [1.807, 2.05) is 12.3 Å². The topological polar surface area (TPSA) is 70.5 Å². The van der Waals surface area contributed by atoms with Gasteiger partial charge in [-0.1, -0.05) is 12.1 Å². The van der Waals surface area contributed by atoms with Crippen molar-refractivity contribution < 1.29 is 13.5 Å². The van der Waals surface area contributed by atoms with Crippen LogP contribution in [0.4, 0.5) is 0 Å². The Labute approximate surface area is 128 Å². The minimum Gasteiger partial charge on any atom is -0.389 e. The van der Waals surface area contributed by atoms with Crippen LogP contribution in [-0.2, 0) is 16.6 Å². The molecule has 21 heavy (non-hydrogen) atoms. The van der Waals surface area contributed by atoms with E-state index in [9.17, 15) is 13.5 Å². The number of aliphatic hydroxyl groups excluding tert-OH is 1. The minimum atomic E-state index is -3.60. The third-order valence-electron chi connectivity index (χ3n) is 3.10. The van der Waals surface area contributed by atoms with Gasteiger partial charge >= 0.3 is 0 Å². The highest BCUT2D eigenvalue weighted by Crippen LogP contribution is 2.21. The molecule has 0 amide bonds. The highest BCUT2D eigenvalue weighted by molar-refractivity contribution is 7.89. The molecule has 114 valence electrons. The molecule has 0 spiro atoms. The summed E-state index contributed by atoms with van der Waals surface area (Å²) in [6.45, 7) is 3.72. The molecule has 0 saturated heterocycles. The molecule has 1 unspecified atom stereocenters. The Morgan fingerprint density at radius 2 is 2.14 bits per heavy atom. The summed E-state index contributed by atoms with van der Waals surface area (Å²) in [5, 5.41) is 12.3. The molecule has 0 saturated carbocycles. The van der Waals surface area contributed by atoms with Gasteiger partial charge in [-0.2, -0.15) is 4.31 Å². The van der Waals surface area contributed by atoms with E-state index in [0.717, 1.165) is 10.7 Å². The van der Waals surface area contributed by atoms with Crippen LogP contribution in [0, 0.1) is 6.92 Å². The Kier molecular flexibility index (Phi) is 4.77. The highest BCUT2D eigenvalue weighted by atomic mass is 32.2. The Balaban J connectivity index is 2.26. The summed E-state index contributed by atoms with van der Waals surface area (Å²) in [5.41, 5.74) is 1.31. The van der Waals surface area contributed by atoms with E-state index in [4.69, 9.17) is 0 Å². The summed E-state index contributed by atoms with van der Waals surface area (Å²) in [6, 6.07) is 6.37. The van der Waals surface area contributed by atoms with Crippen LogP contribution >= 0.6 is 11.3 Å². The van der Waals surface area contributed by atoms with Crippen LogP contribution in [0.15, 0.2) is 34.5 Å². The lowest BCUT2D eigenvalue weighted by atomic mass is 10.1. The minimum absolute atomic E-state index is 0.176. The molecule has 1 N–H and O–H groups in total. The molecule has 1 aromatic heterocycles. The molecule has 2 rings (SSSR count). The van der Waals surface area contributed by atoms with E-state index in [1.54, 1.807) is 19.1 Å². The van der Waals surface area contributed by atoms with Gasteiger partial charge < -0.3 is 5.11 Å². The van der Waals surface area contributed by atoms with Gasteiger partial charge in [-0.15, -0.1) is 11.3 Å². The Bertz CT molecular complexity index is 723. The van der Waals surface area contributed by atoms with Gasteiger partial charge in [-0.25, -0.2) is 13.4 Å². The largest absolute Gasteiger partial charge is 0.389 e. The molecule has 0 bridgehead atoms. The first-order valence-corrected chi connectivity index (χ1v) is 8.78. The number of sulfonamides is 1. The number of aromatic nitrogens is 1. The number of rotatable bonds is 5. The number of nitrogens with zero attached hydrogens (tertiary/aromatic N) is 2. The zero-order valence-electron chi connectivity index (χ0n) is 12.1. The van der Waals surface area contributed by atoms with Gasteiger partial charge in [0.15, 0.2) is 0 Å². The molecule has 2 aromatic rings. The normalized spacial score (nSPS) is 13.6. The maximum atomic E-state index is 12.5. The molecule has 0 aliphatic heterocycles. The molecule has 0 aliphatic rings. The molecule has 7 heteroatoms. The number of benzene rings is 1. The van der Waals surface area contributed by atoms with Crippen LogP contribution in [0.2, 0.25) is 0 Å². The summed E-state index contributed by atoms with van der Waals surface area (Å²) >= 11 is 1.49. The van der Waals surface area contributed by atoms with Crippen molar-refractivity contribution >= 4 is 21.4 Å². The van der Waals surface area contributed by atoms with Crippen molar-refractivity contribution in [3.8, 4) is 0 Å². The van der Waals surface area contributed by atoms with Crippen LogP contribution in [0.3, 0.4) is 0 Å². The second kappa shape index (κ2) is 6.23. The van der Waals surface area contributed by atoms with Crippen LogP contribution in [0.25, 0.3) is 0 Å². The average Bonchev–Trinajstić information content (AvgIpc) is 2.84. The van der Waals surface area contributed by atoms with Crippen molar-refractivity contribution in [3.63, 3.8) is 0 Å². The first-order valence-electron chi connectivity index (χ1n) is 6.46. The number of hydrogen-bond donors (Lipinski definition) is 1. The van der Waals surface area contributed by atoms with Gasteiger partial charge in [0.25, 0.3) is 0 Å². The fourth-order valence-corrected chi connectivity index (χ4v) is 3.71. The molecular weight excluding hydrogens is 308 g/mol. The van der Waals surface area contributed by atoms with Crippen molar-refractivity contribution in [3.05, 3.63) is 45.9 Å². The molecule has 1 atom stereocenters. The lowest BCUT2D eigenvalue weighted by Gasteiger charge is -2.17. The van der Waals surface area contributed by atoms with E-state index in [2.05, 4.69) is 4.98 Å². The van der Waals surface area contributed by atoms with Gasteiger partial charge in [-0.3, -0.25) is 0 Å². The molecule has 0 aliphatic carbocycles. The monoisotopic (exact) mass is 326 g/mol. The fraction of sp³-hybridized carbons (Fsp3) is 0.357. The van der Waals surface area contributed by atoms with E-state index in [0.29, 0.717) is 5.56 Å². The molecular formula is C14H18N2O3S2. The molecule has 0 radical (unpaired) electrons.